The van der Waals surface area contributed by atoms with Crippen LogP contribution in [0.15, 0.2) is 24.4 Å². The van der Waals surface area contributed by atoms with Gasteiger partial charge in [0.1, 0.15) is 13.2 Å². The summed E-state index contributed by atoms with van der Waals surface area (Å²) in [5, 5.41) is 8.24. The van der Waals surface area contributed by atoms with E-state index in [1.807, 2.05) is 31.4 Å². The number of benzene rings is 1. The molecular weight excluding hydrogens is 278 g/mol. The van der Waals surface area contributed by atoms with Crippen molar-refractivity contribution < 1.29 is 9.47 Å². The Morgan fingerprint density at radius 2 is 2.15 bits per heavy atom. The van der Waals surface area contributed by atoms with Crippen LogP contribution in [0, 0.1) is 0 Å². The van der Waals surface area contributed by atoms with Crippen LogP contribution in [-0.4, -0.2) is 23.0 Å². The second-order valence-corrected chi connectivity index (χ2v) is 5.09. The Bertz CT molecular complexity index is 612. The number of hydrogen-bond donors (Lipinski definition) is 1. The minimum Gasteiger partial charge on any atom is -0.486 e. The van der Waals surface area contributed by atoms with Gasteiger partial charge in [-0.1, -0.05) is 11.6 Å². The summed E-state index contributed by atoms with van der Waals surface area (Å²) in [6.45, 7) is 2.53. The van der Waals surface area contributed by atoms with E-state index in [1.165, 1.54) is 0 Å². The van der Waals surface area contributed by atoms with Crippen LogP contribution in [0.1, 0.15) is 11.3 Å². The number of fused-ring (bicyclic) bond motifs is 1. The average Bonchev–Trinajstić information content (AvgIpc) is 2.85. The zero-order chi connectivity index (χ0) is 13.9. The summed E-state index contributed by atoms with van der Waals surface area (Å²) in [5.41, 5.74) is 2.08. The third-order valence-electron chi connectivity index (χ3n) is 3.06. The molecule has 0 spiro atoms. The lowest BCUT2D eigenvalue weighted by atomic mass is 10.2. The zero-order valence-corrected chi connectivity index (χ0v) is 12.0. The molecule has 5 nitrogen and oxygen atoms in total. The quantitative estimate of drug-likeness (QED) is 0.938. The van der Waals surface area contributed by atoms with Gasteiger partial charge in [-0.3, -0.25) is 4.68 Å². The second kappa shape index (κ2) is 5.73. The van der Waals surface area contributed by atoms with Gasteiger partial charge in [0.15, 0.2) is 11.5 Å². The minimum absolute atomic E-state index is 0.546. The van der Waals surface area contributed by atoms with E-state index in [0.717, 1.165) is 17.0 Å². The van der Waals surface area contributed by atoms with E-state index in [2.05, 4.69) is 10.4 Å². The molecule has 2 heterocycles. The smallest absolute Gasteiger partial charge is 0.179 e. The van der Waals surface area contributed by atoms with Crippen LogP contribution >= 0.6 is 11.6 Å². The van der Waals surface area contributed by atoms with Crippen molar-refractivity contribution in [3.8, 4) is 11.5 Å². The van der Waals surface area contributed by atoms with E-state index >= 15 is 0 Å². The molecule has 0 bridgehead atoms. The Morgan fingerprint density at radius 3 is 2.95 bits per heavy atom. The van der Waals surface area contributed by atoms with Gasteiger partial charge in [0, 0.05) is 26.3 Å². The predicted molar refractivity (Wildman–Crippen MR) is 76.2 cm³/mol. The summed E-state index contributed by atoms with van der Waals surface area (Å²) in [4.78, 5) is 0. The Labute approximate surface area is 122 Å². The summed E-state index contributed by atoms with van der Waals surface area (Å²) in [7, 11) is 1.91. The molecule has 1 aromatic heterocycles. The number of aromatic nitrogens is 2. The minimum atomic E-state index is 0.546. The van der Waals surface area contributed by atoms with Crippen molar-refractivity contribution in [3.05, 3.63) is 40.7 Å². The number of nitrogens with zero attached hydrogens (tertiary/aromatic N) is 2. The van der Waals surface area contributed by atoms with Crippen LogP contribution < -0.4 is 14.8 Å². The molecule has 1 aliphatic rings. The summed E-state index contributed by atoms with van der Waals surface area (Å²) >= 11 is 6.20. The largest absolute Gasteiger partial charge is 0.486 e. The van der Waals surface area contributed by atoms with Gasteiger partial charge < -0.3 is 14.8 Å². The predicted octanol–water partition coefficient (Wildman–Crippen LogP) is 2.13. The topological polar surface area (TPSA) is 48.3 Å². The van der Waals surface area contributed by atoms with Gasteiger partial charge in [0.05, 0.1) is 10.7 Å². The van der Waals surface area contributed by atoms with Gasteiger partial charge in [-0.15, -0.1) is 0 Å². The van der Waals surface area contributed by atoms with E-state index in [4.69, 9.17) is 21.1 Å². The maximum Gasteiger partial charge on any atom is 0.179 e. The SMILES string of the molecule is Cn1ccc(CNCc2cc(Cl)c3c(c2)OCCO3)n1. The fourth-order valence-corrected chi connectivity index (χ4v) is 2.45. The van der Waals surface area contributed by atoms with Gasteiger partial charge in [-0.2, -0.15) is 5.10 Å². The summed E-state index contributed by atoms with van der Waals surface area (Å²) in [6.07, 6.45) is 1.93. The van der Waals surface area contributed by atoms with E-state index in [-0.39, 0.29) is 0 Å². The zero-order valence-electron chi connectivity index (χ0n) is 11.2. The maximum atomic E-state index is 6.20. The number of nitrogens with one attached hydrogen (secondary N) is 1. The molecular formula is C14H16ClN3O2. The molecule has 106 valence electrons. The molecule has 0 aliphatic carbocycles. The van der Waals surface area contributed by atoms with Crippen molar-refractivity contribution in [2.24, 2.45) is 7.05 Å². The third-order valence-corrected chi connectivity index (χ3v) is 3.34. The normalized spacial score (nSPS) is 13.5. The molecule has 0 fully saturated rings. The average molecular weight is 294 g/mol. The van der Waals surface area contributed by atoms with Gasteiger partial charge in [-0.05, 0) is 23.8 Å². The van der Waals surface area contributed by atoms with E-state index in [0.29, 0.717) is 37.1 Å². The van der Waals surface area contributed by atoms with Crippen LogP contribution in [0.2, 0.25) is 5.02 Å². The fraction of sp³-hybridized carbons (Fsp3) is 0.357. The number of ether oxygens (including phenoxy) is 2. The van der Waals surface area contributed by atoms with E-state index in [1.54, 1.807) is 4.68 Å². The van der Waals surface area contributed by atoms with Crippen LogP contribution in [0.3, 0.4) is 0 Å². The second-order valence-electron chi connectivity index (χ2n) is 4.69. The van der Waals surface area contributed by atoms with Gasteiger partial charge in [0.2, 0.25) is 0 Å². The molecule has 1 aliphatic heterocycles. The molecule has 0 amide bonds. The van der Waals surface area contributed by atoms with Crippen molar-refractivity contribution in [2.75, 3.05) is 13.2 Å². The molecule has 0 radical (unpaired) electrons. The van der Waals surface area contributed by atoms with Crippen molar-refractivity contribution in [1.29, 1.82) is 0 Å². The van der Waals surface area contributed by atoms with E-state index < -0.39 is 0 Å². The number of hydrogen-bond acceptors (Lipinski definition) is 4. The lowest BCUT2D eigenvalue weighted by Crippen LogP contribution is -2.17. The van der Waals surface area contributed by atoms with Crippen LogP contribution in [-0.2, 0) is 20.1 Å². The molecule has 6 heteroatoms. The molecule has 20 heavy (non-hydrogen) atoms. The molecule has 1 aromatic carbocycles. The lowest BCUT2D eigenvalue weighted by molar-refractivity contribution is 0.171. The monoisotopic (exact) mass is 293 g/mol. The first-order valence-corrected chi connectivity index (χ1v) is 6.87. The Kier molecular flexibility index (Phi) is 3.80. The highest BCUT2D eigenvalue weighted by Gasteiger charge is 2.16. The van der Waals surface area contributed by atoms with E-state index in [9.17, 15) is 0 Å². The van der Waals surface area contributed by atoms with Crippen LogP contribution in [0.5, 0.6) is 11.5 Å². The summed E-state index contributed by atoms with van der Waals surface area (Å²) in [6, 6.07) is 5.86. The first-order valence-electron chi connectivity index (χ1n) is 6.49. The first-order chi connectivity index (χ1) is 9.72. The van der Waals surface area contributed by atoms with Crippen molar-refractivity contribution in [3.63, 3.8) is 0 Å². The Morgan fingerprint density at radius 1 is 1.30 bits per heavy atom. The first kappa shape index (κ1) is 13.3. The molecule has 0 atom stereocenters. The van der Waals surface area contributed by atoms with Crippen LogP contribution in [0.4, 0.5) is 0 Å². The Hall–Kier alpha value is -1.72. The highest BCUT2D eigenvalue weighted by molar-refractivity contribution is 6.32. The van der Waals surface area contributed by atoms with Gasteiger partial charge in [0.25, 0.3) is 0 Å². The molecule has 0 saturated carbocycles. The lowest BCUT2D eigenvalue weighted by Gasteiger charge is -2.20. The maximum absolute atomic E-state index is 6.20. The molecule has 3 rings (SSSR count). The molecule has 0 unspecified atom stereocenters. The van der Waals surface area contributed by atoms with Gasteiger partial charge >= 0.3 is 0 Å². The van der Waals surface area contributed by atoms with Crippen molar-refractivity contribution in [1.82, 2.24) is 15.1 Å². The Balaban J connectivity index is 1.64. The molecule has 0 saturated heterocycles. The van der Waals surface area contributed by atoms with Crippen LogP contribution in [0.25, 0.3) is 0 Å². The standard InChI is InChI=1S/C14H16ClN3O2/c1-18-3-2-11(17-18)9-16-8-10-6-12(15)14-13(7-10)19-4-5-20-14/h2-3,6-7,16H,4-5,8-9H2,1H3. The fourth-order valence-electron chi connectivity index (χ4n) is 2.16. The molecule has 2 aromatic rings. The van der Waals surface area contributed by atoms with Gasteiger partial charge in [-0.25, -0.2) is 0 Å². The summed E-state index contributed by atoms with van der Waals surface area (Å²) in [5.74, 6) is 1.37. The number of halogens is 1. The van der Waals surface area contributed by atoms with Crippen molar-refractivity contribution >= 4 is 11.6 Å². The highest BCUT2D eigenvalue weighted by atomic mass is 35.5. The third kappa shape index (κ3) is 2.89. The number of aryl methyl sites for hydroxylation is 1. The summed E-state index contributed by atoms with van der Waals surface area (Å²) < 4.78 is 12.8. The highest BCUT2D eigenvalue weighted by Crippen LogP contribution is 2.38. The molecule has 1 N–H and O–H groups in total. The number of rotatable bonds is 4. The van der Waals surface area contributed by atoms with Crippen molar-refractivity contribution in [2.45, 2.75) is 13.1 Å².